The van der Waals surface area contributed by atoms with Crippen LogP contribution >= 0.6 is 0 Å². The zero-order chi connectivity index (χ0) is 15.1. The van der Waals surface area contributed by atoms with Crippen molar-refractivity contribution in [2.24, 2.45) is 0 Å². The average Bonchev–Trinajstić information content (AvgIpc) is 2.48. The Kier molecular flexibility index (Phi) is 6.33. The number of Topliss-reactive ketones (excluding diaryl/α,β-unsaturated/α-hetero) is 1. The van der Waals surface area contributed by atoms with Crippen LogP contribution < -0.4 is 0 Å². The van der Waals surface area contributed by atoms with Crippen LogP contribution in [0.25, 0.3) is 0 Å². The normalized spacial score (nSPS) is 19.6. The van der Waals surface area contributed by atoms with E-state index >= 15 is 0 Å². The molecule has 1 fully saturated rings. The van der Waals surface area contributed by atoms with Gasteiger partial charge in [0, 0.05) is 19.6 Å². The number of ether oxygens (including phenoxy) is 1. The van der Waals surface area contributed by atoms with Crippen molar-refractivity contribution in [3.8, 4) is 0 Å². The summed E-state index contributed by atoms with van der Waals surface area (Å²) in [5, 5.41) is 0. The molecule has 0 amide bonds. The van der Waals surface area contributed by atoms with E-state index in [4.69, 9.17) is 4.74 Å². The Hall–Kier alpha value is -1.26. The van der Waals surface area contributed by atoms with Crippen LogP contribution in [0.3, 0.4) is 0 Å². The van der Waals surface area contributed by atoms with E-state index in [0.717, 1.165) is 39.0 Å². The van der Waals surface area contributed by atoms with Gasteiger partial charge in [0.05, 0.1) is 12.6 Å². The molecule has 21 heavy (non-hydrogen) atoms. The maximum Gasteiger partial charge on any atom is 0.151 e. The van der Waals surface area contributed by atoms with Gasteiger partial charge in [-0.05, 0) is 37.4 Å². The highest BCUT2D eigenvalue weighted by atomic mass is 19.1. The minimum atomic E-state index is -0.298. The van der Waals surface area contributed by atoms with Gasteiger partial charge in [-0.1, -0.05) is 25.1 Å². The standard InChI is InChI=1S/C17H24FNO2/c1-2-10-21-16-7-5-9-19(13-16)12-15(20)11-14-6-3-4-8-17(14)18/h3-4,6,8,16H,2,5,7,9-13H2,1H3. The molecule has 0 bridgehead atoms. The summed E-state index contributed by atoms with van der Waals surface area (Å²) in [5.41, 5.74) is 0.485. The van der Waals surface area contributed by atoms with Crippen LogP contribution in [0.1, 0.15) is 31.7 Å². The zero-order valence-corrected chi connectivity index (χ0v) is 12.7. The number of rotatable bonds is 7. The number of ketones is 1. The van der Waals surface area contributed by atoms with Crippen LogP contribution in [-0.4, -0.2) is 43.0 Å². The highest BCUT2D eigenvalue weighted by molar-refractivity contribution is 5.82. The third kappa shape index (κ3) is 5.21. The molecule has 0 aromatic heterocycles. The largest absolute Gasteiger partial charge is 0.377 e. The van der Waals surface area contributed by atoms with Gasteiger partial charge in [-0.15, -0.1) is 0 Å². The molecule has 3 nitrogen and oxygen atoms in total. The van der Waals surface area contributed by atoms with Crippen molar-refractivity contribution in [1.82, 2.24) is 4.90 Å². The fourth-order valence-corrected chi connectivity index (χ4v) is 2.74. The molecule has 4 heteroatoms. The number of likely N-dealkylation sites (tertiary alicyclic amines) is 1. The second-order valence-corrected chi connectivity index (χ2v) is 5.68. The lowest BCUT2D eigenvalue weighted by molar-refractivity contribution is -0.120. The second kappa shape index (κ2) is 8.25. The molecule has 1 heterocycles. The smallest absolute Gasteiger partial charge is 0.151 e. The first-order valence-corrected chi connectivity index (χ1v) is 7.78. The van der Waals surface area contributed by atoms with Gasteiger partial charge in [0.25, 0.3) is 0 Å². The number of piperidine rings is 1. The van der Waals surface area contributed by atoms with Gasteiger partial charge in [0.15, 0.2) is 5.78 Å². The van der Waals surface area contributed by atoms with Crippen molar-refractivity contribution in [3.05, 3.63) is 35.6 Å². The molecule has 1 aromatic carbocycles. The Labute approximate surface area is 126 Å². The Morgan fingerprint density at radius 3 is 3.00 bits per heavy atom. The van der Waals surface area contributed by atoms with E-state index in [1.54, 1.807) is 18.2 Å². The first-order chi connectivity index (χ1) is 10.2. The van der Waals surface area contributed by atoms with Gasteiger partial charge in [-0.2, -0.15) is 0 Å². The zero-order valence-electron chi connectivity index (χ0n) is 12.7. The highest BCUT2D eigenvalue weighted by Crippen LogP contribution is 2.14. The molecule has 2 rings (SSSR count). The van der Waals surface area contributed by atoms with Crippen molar-refractivity contribution in [2.75, 3.05) is 26.2 Å². The number of carbonyl (C=O) groups is 1. The van der Waals surface area contributed by atoms with Crippen LogP contribution in [0.5, 0.6) is 0 Å². The molecule has 1 saturated heterocycles. The molecule has 1 aliphatic heterocycles. The van der Waals surface area contributed by atoms with Gasteiger partial charge in [0.1, 0.15) is 5.82 Å². The maximum atomic E-state index is 13.5. The van der Waals surface area contributed by atoms with Gasteiger partial charge in [0.2, 0.25) is 0 Å². The molecule has 0 saturated carbocycles. The second-order valence-electron chi connectivity index (χ2n) is 5.68. The summed E-state index contributed by atoms with van der Waals surface area (Å²) in [4.78, 5) is 14.2. The van der Waals surface area contributed by atoms with Crippen LogP contribution in [0, 0.1) is 5.82 Å². The first kappa shape index (κ1) is 16.1. The third-order valence-electron chi connectivity index (χ3n) is 3.77. The van der Waals surface area contributed by atoms with Crippen molar-refractivity contribution >= 4 is 5.78 Å². The third-order valence-corrected chi connectivity index (χ3v) is 3.77. The number of carbonyl (C=O) groups excluding carboxylic acids is 1. The fraction of sp³-hybridized carbons (Fsp3) is 0.588. The van der Waals surface area contributed by atoms with E-state index < -0.39 is 0 Å². The minimum Gasteiger partial charge on any atom is -0.377 e. The first-order valence-electron chi connectivity index (χ1n) is 7.78. The van der Waals surface area contributed by atoms with Crippen molar-refractivity contribution in [2.45, 2.75) is 38.7 Å². The van der Waals surface area contributed by atoms with Crippen molar-refractivity contribution in [1.29, 1.82) is 0 Å². The number of nitrogens with zero attached hydrogens (tertiary/aromatic N) is 1. The van der Waals surface area contributed by atoms with Crippen molar-refractivity contribution < 1.29 is 13.9 Å². The Morgan fingerprint density at radius 2 is 2.24 bits per heavy atom. The molecule has 0 spiro atoms. The Morgan fingerprint density at radius 1 is 1.43 bits per heavy atom. The van der Waals surface area contributed by atoms with Crippen LogP contribution in [-0.2, 0) is 16.0 Å². The van der Waals surface area contributed by atoms with Gasteiger partial charge in [-0.3, -0.25) is 9.69 Å². The molecule has 0 N–H and O–H groups in total. The van der Waals surface area contributed by atoms with Crippen LogP contribution in [0.2, 0.25) is 0 Å². The SMILES string of the molecule is CCCOC1CCCN(CC(=O)Cc2ccccc2F)C1. The minimum absolute atomic E-state index is 0.0660. The number of halogens is 1. The van der Waals surface area contributed by atoms with Gasteiger partial charge < -0.3 is 4.74 Å². The molecule has 1 aromatic rings. The Balaban J connectivity index is 1.81. The van der Waals surface area contributed by atoms with E-state index in [1.807, 2.05) is 0 Å². The van der Waals surface area contributed by atoms with E-state index in [-0.39, 0.29) is 24.1 Å². The maximum absolute atomic E-state index is 13.5. The van der Waals surface area contributed by atoms with Gasteiger partial charge in [-0.25, -0.2) is 4.39 Å². The lowest BCUT2D eigenvalue weighted by atomic mass is 10.1. The molecular weight excluding hydrogens is 269 g/mol. The molecule has 1 unspecified atom stereocenters. The predicted octanol–water partition coefficient (Wildman–Crippen LogP) is 2.83. The molecule has 1 aliphatic rings. The summed E-state index contributed by atoms with van der Waals surface area (Å²) in [7, 11) is 0. The molecule has 0 aliphatic carbocycles. The van der Waals surface area contributed by atoms with E-state index in [1.165, 1.54) is 6.07 Å². The number of hydrogen-bond donors (Lipinski definition) is 0. The van der Waals surface area contributed by atoms with Gasteiger partial charge >= 0.3 is 0 Å². The molecule has 0 radical (unpaired) electrons. The summed E-state index contributed by atoms with van der Waals surface area (Å²) in [6.45, 7) is 5.00. The monoisotopic (exact) mass is 293 g/mol. The van der Waals surface area contributed by atoms with Crippen LogP contribution in [0.4, 0.5) is 4.39 Å². The Bertz CT molecular complexity index is 464. The van der Waals surface area contributed by atoms with E-state index in [9.17, 15) is 9.18 Å². The van der Waals surface area contributed by atoms with Crippen molar-refractivity contribution in [3.63, 3.8) is 0 Å². The number of hydrogen-bond acceptors (Lipinski definition) is 3. The van der Waals surface area contributed by atoms with Crippen LogP contribution in [0.15, 0.2) is 24.3 Å². The number of benzene rings is 1. The summed E-state index contributed by atoms with van der Waals surface area (Å²) in [6, 6.07) is 6.49. The lowest BCUT2D eigenvalue weighted by Crippen LogP contribution is -2.42. The molecule has 1 atom stereocenters. The topological polar surface area (TPSA) is 29.5 Å². The summed E-state index contributed by atoms with van der Waals surface area (Å²) in [5.74, 6) is -0.232. The quantitative estimate of drug-likeness (QED) is 0.774. The van der Waals surface area contributed by atoms with E-state index in [0.29, 0.717) is 12.1 Å². The summed E-state index contributed by atoms with van der Waals surface area (Å²) >= 11 is 0. The fourth-order valence-electron chi connectivity index (χ4n) is 2.74. The predicted molar refractivity (Wildman–Crippen MR) is 80.8 cm³/mol. The van der Waals surface area contributed by atoms with E-state index in [2.05, 4.69) is 11.8 Å². The lowest BCUT2D eigenvalue weighted by Gasteiger charge is -2.32. The summed E-state index contributed by atoms with van der Waals surface area (Å²) < 4.78 is 19.3. The molecule has 116 valence electrons. The average molecular weight is 293 g/mol. The highest BCUT2D eigenvalue weighted by Gasteiger charge is 2.22. The molecular formula is C17H24FNO2. The summed E-state index contributed by atoms with van der Waals surface area (Å²) in [6.07, 6.45) is 3.55.